The Bertz CT molecular complexity index is 979. The van der Waals surface area contributed by atoms with Gasteiger partial charge >= 0.3 is 0 Å². The number of nitrogens with one attached hydrogen (secondary N) is 1. The molecule has 0 saturated carbocycles. The van der Waals surface area contributed by atoms with E-state index >= 15 is 0 Å². The van der Waals surface area contributed by atoms with Crippen molar-refractivity contribution in [1.29, 1.82) is 0 Å². The van der Waals surface area contributed by atoms with Gasteiger partial charge in [0, 0.05) is 16.8 Å². The van der Waals surface area contributed by atoms with Gasteiger partial charge in [-0.05, 0) is 94.7 Å². The van der Waals surface area contributed by atoms with Crippen LogP contribution in [0.3, 0.4) is 0 Å². The molecule has 0 radical (unpaired) electrons. The molecule has 4 heteroatoms. The largest absolute Gasteiger partial charge is 0.497 e. The monoisotopic (exact) mass is 393 g/mol. The van der Waals surface area contributed by atoms with Crippen LogP contribution in [0.5, 0.6) is 5.75 Å². The summed E-state index contributed by atoms with van der Waals surface area (Å²) in [6.07, 6.45) is 2.33. The number of anilines is 1. The average Bonchev–Trinajstić information content (AvgIpc) is 2.72. The Morgan fingerprint density at radius 3 is 2.38 bits per heavy atom. The maximum atomic E-state index is 5.49. The van der Waals surface area contributed by atoms with E-state index in [4.69, 9.17) is 9.72 Å². The minimum atomic E-state index is 0.382. The maximum Gasteiger partial charge on any atom is 0.119 e. The van der Waals surface area contributed by atoms with Gasteiger partial charge in [-0.2, -0.15) is 0 Å². The van der Waals surface area contributed by atoms with Gasteiger partial charge in [-0.15, -0.1) is 0 Å². The quantitative estimate of drug-likeness (QED) is 0.457. The first-order valence-electron chi connectivity index (χ1n) is 10.8. The number of aryl methyl sites for hydroxylation is 2. The van der Waals surface area contributed by atoms with Crippen molar-refractivity contribution in [2.24, 2.45) is 0 Å². The number of fused-ring (bicyclic) bond motifs is 2. The van der Waals surface area contributed by atoms with E-state index in [-0.39, 0.29) is 0 Å². The smallest absolute Gasteiger partial charge is 0.119 e. The highest BCUT2D eigenvalue weighted by molar-refractivity contribution is 6.08. The number of nitrogens with zero attached hydrogens (tertiary/aromatic N) is 2. The normalized spacial score (nSPS) is 12.7. The second kappa shape index (κ2) is 9.45. The minimum absolute atomic E-state index is 0.382. The predicted molar refractivity (Wildman–Crippen MR) is 125 cm³/mol. The number of pyridine rings is 1. The summed E-state index contributed by atoms with van der Waals surface area (Å²) >= 11 is 0. The number of methoxy groups -OCH3 is 1. The fraction of sp³-hybridized carbons (Fsp3) is 0.480. The van der Waals surface area contributed by atoms with Crippen LogP contribution in [0.25, 0.3) is 21.8 Å². The van der Waals surface area contributed by atoms with Gasteiger partial charge in [0.15, 0.2) is 0 Å². The lowest BCUT2D eigenvalue weighted by Gasteiger charge is -2.22. The molecule has 0 amide bonds. The van der Waals surface area contributed by atoms with Crippen molar-refractivity contribution < 1.29 is 4.74 Å². The molecule has 0 saturated heterocycles. The molecule has 0 fully saturated rings. The van der Waals surface area contributed by atoms with Crippen molar-refractivity contribution in [3.63, 3.8) is 0 Å². The van der Waals surface area contributed by atoms with Crippen molar-refractivity contribution in [1.82, 2.24) is 9.88 Å². The van der Waals surface area contributed by atoms with E-state index in [2.05, 4.69) is 69.1 Å². The molecule has 1 N–H and O–H groups in total. The number of benzene rings is 2. The van der Waals surface area contributed by atoms with Crippen molar-refractivity contribution in [2.45, 2.75) is 53.5 Å². The molecular weight excluding hydrogens is 358 g/mol. The van der Waals surface area contributed by atoms with Gasteiger partial charge in [0.25, 0.3) is 0 Å². The van der Waals surface area contributed by atoms with Gasteiger partial charge in [-0.3, -0.25) is 0 Å². The summed E-state index contributed by atoms with van der Waals surface area (Å²) in [6.45, 7) is 14.5. The summed E-state index contributed by atoms with van der Waals surface area (Å²) in [5.74, 6) is 0.861. The molecule has 1 unspecified atom stereocenters. The maximum absolute atomic E-state index is 5.49. The molecule has 0 aliphatic carbocycles. The van der Waals surface area contributed by atoms with E-state index in [9.17, 15) is 0 Å². The molecule has 0 bridgehead atoms. The Morgan fingerprint density at radius 2 is 1.69 bits per heavy atom. The standard InChI is InChI=1S/C25H35N3O/c1-7-28(8-2)13-9-10-19(5)26-25-21-14-17(3)18(4)15-24(21)27-23-12-11-20(29-6)16-22(23)25/h11-12,14-16,19H,7-10,13H2,1-6H3,(H,26,27). The molecule has 29 heavy (non-hydrogen) atoms. The van der Waals surface area contributed by atoms with Gasteiger partial charge < -0.3 is 15.0 Å². The van der Waals surface area contributed by atoms with Crippen LogP contribution in [0, 0.1) is 13.8 Å². The third kappa shape index (κ3) is 4.81. The first-order valence-corrected chi connectivity index (χ1v) is 10.8. The van der Waals surface area contributed by atoms with Crippen LogP contribution in [0.2, 0.25) is 0 Å². The fourth-order valence-electron chi connectivity index (χ4n) is 3.94. The first kappa shape index (κ1) is 21.4. The molecule has 1 heterocycles. The van der Waals surface area contributed by atoms with E-state index < -0.39 is 0 Å². The number of hydrogen-bond acceptors (Lipinski definition) is 4. The topological polar surface area (TPSA) is 37.4 Å². The molecule has 4 nitrogen and oxygen atoms in total. The van der Waals surface area contributed by atoms with E-state index in [1.165, 1.54) is 28.6 Å². The summed E-state index contributed by atoms with van der Waals surface area (Å²) < 4.78 is 5.49. The Balaban J connectivity index is 1.97. The van der Waals surface area contributed by atoms with Gasteiger partial charge in [0.05, 0.1) is 23.8 Å². The van der Waals surface area contributed by atoms with Gasteiger partial charge in [-0.1, -0.05) is 13.8 Å². The molecule has 0 aliphatic heterocycles. The van der Waals surface area contributed by atoms with Crippen LogP contribution >= 0.6 is 0 Å². The van der Waals surface area contributed by atoms with Crippen LogP contribution in [0.15, 0.2) is 30.3 Å². The first-order chi connectivity index (χ1) is 14.0. The summed E-state index contributed by atoms with van der Waals surface area (Å²) in [5, 5.41) is 6.13. The highest BCUT2D eigenvalue weighted by Gasteiger charge is 2.14. The zero-order valence-electron chi connectivity index (χ0n) is 18.8. The lowest BCUT2D eigenvalue weighted by Crippen LogP contribution is -2.25. The molecule has 3 aromatic rings. The Hall–Kier alpha value is -2.33. The van der Waals surface area contributed by atoms with Crippen molar-refractivity contribution in [2.75, 3.05) is 32.1 Å². The van der Waals surface area contributed by atoms with E-state index in [0.717, 1.165) is 48.2 Å². The second-order valence-electron chi connectivity index (χ2n) is 8.04. The summed E-state index contributed by atoms with van der Waals surface area (Å²) in [6, 6.07) is 11.0. The minimum Gasteiger partial charge on any atom is -0.497 e. The fourth-order valence-corrected chi connectivity index (χ4v) is 3.94. The number of rotatable bonds is 9. The molecule has 1 aromatic heterocycles. The molecule has 3 rings (SSSR count). The molecule has 1 atom stereocenters. The second-order valence-corrected chi connectivity index (χ2v) is 8.04. The van der Waals surface area contributed by atoms with Crippen LogP contribution in [0.4, 0.5) is 5.69 Å². The highest BCUT2D eigenvalue weighted by atomic mass is 16.5. The van der Waals surface area contributed by atoms with Crippen LogP contribution in [-0.4, -0.2) is 42.7 Å². The zero-order chi connectivity index (χ0) is 21.0. The zero-order valence-corrected chi connectivity index (χ0v) is 18.8. The van der Waals surface area contributed by atoms with Crippen LogP contribution in [-0.2, 0) is 0 Å². The molecule has 156 valence electrons. The molecule has 0 aliphatic rings. The summed E-state index contributed by atoms with van der Waals surface area (Å²) in [5.41, 5.74) is 5.78. The lowest BCUT2D eigenvalue weighted by atomic mass is 10.0. The van der Waals surface area contributed by atoms with E-state index in [1.54, 1.807) is 7.11 Å². The Morgan fingerprint density at radius 1 is 1.00 bits per heavy atom. The summed E-state index contributed by atoms with van der Waals surface area (Å²) in [4.78, 5) is 7.42. The van der Waals surface area contributed by atoms with Crippen LogP contribution < -0.4 is 10.1 Å². The molecular formula is C25H35N3O. The Kier molecular flexibility index (Phi) is 6.96. The van der Waals surface area contributed by atoms with Crippen molar-refractivity contribution >= 4 is 27.5 Å². The third-order valence-electron chi connectivity index (χ3n) is 5.99. The Labute approximate surface area is 175 Å². The summed E-state index contributed by atoms with van der Waals surface area (Å²) in [7, 11) is 1.71. The number of ether oxygens (including phenoxy) is 1. The average molecular weight is 394 g/mol. The third-order valence-corrected chi connectivity index (χ3v) is 5.99. The highest BCUT2D eigenvalue weighted by Crippen LogP contribution is 2.35. The lowest BCUT2D eigenvalue weighted by molar-refractivity contribution is 0.295. The van der Waals surface area contributed by atoms with E-state index in [1.807, 2.05) is 6.07 Å². The molecule has 2 aromatic carbocycles. The van der Waals surface area contributed by atoms with Gasteiger partial charge in [0.2, 0.25) is 0 Å². The van der Waals surface area contributed by atoms with Gasteiger partial charge in [-0.25, -0.2) is 4.98 Å². The van der Waals surface area contributed by atoms with Gasteiger partial charge in [0.1, 0.15) is 5.75 Å². The predicted octanol–water partition coefficient (Wildman–Crippen LogP) is 5.94. The van der Waals surface area contributed by atoms with Crippen LogP contribution in [0.1, 0.15) is 44.7 Å². The van der Waals surface area contributed by atoms with Crippen molar-refractivity contribution in [3.8, 4) is 5.75 Å². The molecule has 0 spiro atoms. The van der Waals surface area contributed by atoms with Crippen molar-refractivity contribution in [3.05, 3.63) is 41.5 Å². The SMILES string of the molecule is CCN(CC)CCCC(C)Nc1c2cc(OC)ccc2nc2cc(C)c(C)cc12. The number of aromatic nitrogens is 1. The van der Waals surface area contributed by atoms with E-state index in [0.29, 0.717) is 6.04 Å². The number of hydrogen-bond donors (Lipinski definition) is 1.